The summed E-state index contributed by atoms with van der Waals surface area (Å²) in [5, 5.41) is 12.7. The predicted octanol–water partition coefficient (Wildman–Crippen LogP) is 1.82. The molecular formula is C14H19NO2. The van der Waals surface area contributed by atoms with Gasteiger partial charge in [-0.05, 0) is 31.7 Å². The molecule has 1 aromatic carbocycles. The molecule has 3 nitrogen and oxygen atoms in total. The van der Waals surface area contributed by atoms with Gasteiger partial charge in [0.25, 0.3) is 0 Å². The number of amides is 1. The second kappa shape index (κ2) is 4.88. The number of hydrogen-bond acceptors (Lipinski definition) is 2. The van der Waals surface area contributed by atoms with E-state index in [1.54, 1.807) is 0 Å². The summed E-state index contributed by atoms with van der Waals surface area (Å²) in [7, 11) is 0. The summed E-state index contributed by atoms with van der Waals surface area (Å²) in [4.78, 5) is 11.9. The molecule has 0 aromatic heterocycles. The summed E-state index contributed by atoms with van der Waals surface area (Å²) in [6.07, 6.45) is 2.65. The number of carbonyl (C=O) groups excluding carboxylic acids is 1. The van der Waals surface area contributed by atoms with E-state index in [0.717, 1.165) is 24.8 Å². The first-order valence-electron chi connectivity index (χ1n) is 6.16. The predicted molar refractivity (Wildman–Crippen MR) is 66.7 cm³/mol. The Kier molecular flexibility index (Phi) is 3.48. The smallest absolute Gasteiger partial charge is 0.227 e. The maximum atomic E-state index is 11.9. The van der Waals surface area contributed by atoms with Crippen LogP contribution in [-0.4, -0.2) is 23.2 Å². The van der Waals surface area contributed by atoms with E-state index in [-0.39, 0.29) is 11.8 Å². The van der Waals surface area contributed by atoms with Gasteiger partial charge in [0.1, 0.15) is 0 Å². The SMILES string of the molecule is CC(C(=O)NCC1(O)CCC1)c1ccccc1. The number of aliphatic hydroxyl groups is 1. The number of hydrogen-bond donors (Lipinski definition) is 2. The van der Waals surface area contributed by atoms with Crippen LogP contribution < -0.4 is 5.32 Å². The zero-order chi connectivity index (χ0) is 12.3. The van der Waals surface area contributed by atoms with E-state index in [4.69, 9.17) is 0 Å². The van der Waals surface area contributed by atoms with Gasteiger partial charge in [-0.1, -0.05) is 30.3 Å². The minimum atomic E-state index is -0.647. The first-order valence-corrected chi connectivity index (χ1v) is 6.16. The second-order valence-electron chi connectivity index (χ2n) is 4.93. The minimum absolute atomic E-state index is 0.0171. The van der Waals surface area contributed by atoms with E-state index in [9.17, 15) is 9.90 Å². The van der Waals surface area contributed by atoms with Crippen LogP contribution in [0.25, 0.3) is 0 Å². The highest BCUT2D eigenvalue weighted by atomic mass is 16.3. The summed E-state index contributed by atoms with van der Waals surface area (Å²) in [5.41, 5.74) is 0.358. The summed E-state index contributed by atoms with van der Waals surface area (Å²) in [6.45, 7) is 2.26. The summed E-state index contributed by atoms with van der Waals surface area (Å²) < 4.78 is 0. The molecular weight excluding hydrogens is 214 g/mol. The van der Waals surface area contributed by atoms with Gasteiger partial charge in [0.15, 0.2) is 0 Å². The van der Waals surface area contributed by atoms with Crippen LogP contribution >= 0.6 is 0 Å². The fourth-order valence-corrected chi connectivity index (χ4v) is 2.06. The van der Waals surface area contributed by atoms with Crippen LogP contribution in [0.5, 0.6) is 0 Å². The van der Waals surface area contributed by atoms with Gasteiger partial charge in [0.2, 0.25) is 5.91 Å². The molecule has 2 rings (SSSR count). The number of rotatable bonds is 4. The van der Waals surface area contributed by atoms with Crippen LogP contribution in [0.4, 0.5) is 0 Å². The van der Waals surface area contributed by atoms with Crippen molar-refractivity contribution in [3.63, 3.8) is 0 Å². The number of carbonyl (C=O) groups is 1. The van der Waals surface area contributed by atoms with Crippen molar-refractivity contribution in [1.29, 1.82) is 0 Å². The van der Waals surface area contributed by atoms with Crippen LogP contribution in [0.2, 0.25) is 0 Å². The minimum Gasteiger partial charge on any atom is -0.388 e. The van der Waals surface area contributed by atoms with Gasteiger partial charge in [-0.3, -0.25) is 4.79 Å². The van der Waals surface area contributed by atoms with Crippen LogP contribution in [0.15, 0.2) is 30.3 Å². The molecule has 0 heterocycles. The molecule has 3 heteroatoms. The van der Waals surface area contributed by atoms with E-state index < -0.39 is 5.60 Å². The molecule has 1 aromatic rings. The summed E-state index contributed by atoms with van der Waals surface area (Å²) in [6, 6.07) is 9.69. The first-order chi connectivity index (χ1) is 8.11. The molecule has 0 radical (unpaired) electrons. The average Bonchev–Trinajstić information content (AvgIpc) is 2.33. The van der Waals surface area contributed by atoms with Crippen molar-refractivity contribution in [2.45, 2.75) is 37.7 Å². The molecule has 0 spiro atoms. The molecule has 1 aliphatic carbocycles. The van der Waals surface area contributed by atoms with Crippen molar-refractivity contribution < 1.29 is 9.90 Å². The Hall–Kier alpha value is -1.35. The van der Waals surface area contributed by atoms with Crippen LogP contribution in [0, 0.1) is 0 Å². The standard InChI is InChI=1S/C14H19NO2/c1-11(12-6-3-2-4-7-12)13(16)15-10-14(17)8-5-9-14/h2-4,6-7,11,17H,5,8-10H2,1H3,(H,15,16). The molecule has 0 bridgehead atoms. The van der Waals surface area contributed by atoms with E-state index in [1.807, 2.05) is 37.3 Å². The van der Waals surface area contributed by atoms with Crippen LogP contribution in [-0.2, 0) is 4.79 Å². The third kappa shape index (κ3) is 2.86. The molecule has 0 aliphatic heterocycles. The third-order valence-corrected chi connectivity index (χ3v) is 3.57. The van der Waals surface area contributed by atoms with Gasteiger partial charge < -0.3 is 10.4 Å². The number of nitrogens with one attached hydrogen (secondary N) is 1. The molecule has 1 unspecified atom stereocenters. The highest BCUT2D eigenvalue weighted by Crippen LogP contribution is 2.30. The molecule has 1 saturated carbocycles. The van der Waals surface area contributed by atoms with Crippen molar-refractivity contribution in [2.24, 2.45) is 0 Å². The molecule has 1 fully saturated rings. The fraction of sp³-hybridized carbons (Fsp3) is 0.500. The molecule has 1 aliphatic rings. The third-order valence-electron chi connectivity index (χ3n) is 3.57. The Morgan fingerprint density at radius 1 is 1.41 bits per heavy atom. The Balaban J connectivity index is 1.87. The Bertz CT molecular complexity index is 384. The number of benzene rings is 1. The lowest BCUT2D eigenvalue weighted by atomic mass is 9.80. The lowest BCUT2D eigenvalue weighted by Gasteiger charge is -2.36. The quantitative estimate of drug-likeness (QED) is 0.833. The Labute approximate surface area is 102 Å². The monoisotopic (exact) mass is 233 g/mol. The van der Waals surface area contributed by atoms with Gasteiger partial charge in [-0.25, -0.2) is 0 Å². The van der Waals surface area contributed by atoms with E-state index >= 15 is 0 Å². The summed E-state index contributed by atoms with van der Waals surface area (Å²) in [5.74, 6) is -0.184. The fourth-order valence-electron chi connectivity index (χ4n) is 2.06. The second-order valence-corrected chi connectivity index (χ2v) is 4.93. The maximum absolute atomic E-state index is 11.9. The van der Waals surface area contributed by atoms with Gasteiger partial charge in [-0.15, -0.1) is 0 Å². The Morgan fingerprint density at radius 3 is 2.59 bits per heavy atom. The zero-order valence-electron chi connectivity index (χ0n) is 10.1. The van der Waals surface area contributed by atoms with Crippen molar-refractivity contribution in [3.8, 4) is 0 Å². The van der Waals surface area contributed by atoms with E-state index in [2.05, 4.69) is 5.32 Å². The molecule has 92 valence electrons. The van der Waals surface area contributed by atoms with Crippen molar-refractivity contribution in [2.75, 3.05) is 6.54 Å². The van der Waals surface area contributed by atoms with Gasteiger partial charge >= 0.3 is 0 Å². The largest absolute Gasteiger partial charge is 0.388 e. The molecule has 1 atom stereocenters. The van der Waals surface area contributed by atoms with Gasteiger partial charge in [0, 0.05) is 6.54 Å². The van der Waals surface area contributed by atoms with Gasteiger partial charge in [-0.2, -0.15) is 0 Å². The highest BCUT2D eigenvalue weighted by Gasteiger charge is 2.34. The van der Waals surface area contributed by atoms with Crippen LogP contribution in [0.1, 0.15) is 37.7 Å². The Morgan fingerprint density at radius 2 is 2.06 bits per heavy atom. The maximum Gasteiger partial charge on any atom is 0.227 e. The highest BCUT2D eigenvalue weighted by molar-refractivity contribution is 5.83. The lowest BCUT2D eigenvalue weighted by molar-refractivity contribution is -0.124. The topological polar surface area (TPSA) is 49.3 Å². The van der Waals surface area contributed by atoms with Crippen molar-refractivity contribution >= 4 is 5.91 Å². The van der Waals surface area contributed by atoms with E-state index in [1.165, 1.54) is 0 Å². The normalized spacial score (nSPS) is 19.2. The summed E-state index contributed by atoms with van der Waals surface area (Å²) >= 11 is 0. The van der Waals surface area contributed by atoms with E-state index in [0.29, 0.717) is 6.54 Å². The first kappa shape index (κ1) is 12.1. The molecule has 0 saturated heterocycles. The molecule has 17 heavy (non-hydrogen) atoms. The van der Waals surface area contributed by atoms with Crippen molar-refractivity contribution in [3.05, 3.63) is 35.9 Å². The zero-order valence-corrected chi connectivity index (χ0v) is 10.1. The van der Waals surface area contributed by atoms with Crippen molar-refractivity contribution in [1.82, 2.24) is 5.32 Å². The van der Waals surface area contributed by atoms with Crippen LogP contribution in [0.3, 0.4) is 0 Å². The average molecular weight is 233 g/mol. The van der Waals surface area contributed by atoms with Gasteiger partial charge in [0.05, 0.1) is 11.5 Å². The lowest BCUT2D eigenvalue weighted by Crippen LogP contribution is -2.48. The molecule has 1 amide bonds. The molecule has 2 N–H and O–H groups in total.